The fourth-order valence-electron chi connectivity index (χ4n) is 2.38. The van der Waals surface area contributed by atoms with Gasteiger partial charge in [0.1, 0.15) is 0 Å². The number of rotatable bonds is 7. The Morgan fingerprint density at radius 3 is 2.62 bits per heavy atom. The molecule has 1 fully saturated rings. The summed E-state index contributed by atoms with van der Waals surface area (Å²) in [5.41, 5.74) is 0.417. The molecular weight excluding hydrogens is 312 g/mol. The van der Waals surface area contributed by atoms with E-state index in [2.05, 4.69) is 10.0 Å². The second kappa shape index (κ2) is 6.62. The molecule has 0 bridgehead atoms. The minimum Gasteiger partial charge on any atom is -0.377 e. The second-order valence-electron chi connectivity index (χ2n) is 5.35. The Morgan fingerprint density at radius 1 is 1.38 bits per heavy atom. The highest BCUT2D eigenvalue weighted by molar-refractivity contribution is 7.89. The minimum absolute atomic E-state index is 0.225. The number of halogens is 1. The smallest absolute Gasteiger partial charge is 0.240 e. The summed E-state index contributed by atoms with van der Waals surface area (Å²) in [5, 5.41) is 3.52. The number of sulfonamides is 1. The Balaban J connectivity index is 2.13. The summed E-state index contributed by atoms with van der Waals surface area (Å²) in [6.07, 6.45) is 2.85. The molecule has 2 rings (SSSR count). The van der Waals surface area contributed by atoms with Gasteiger partial charge in [0.25, 0.3) is 0 Å². The summed E-state index contributed by atoms with van der Waals surface area (Å²) in [7, 11) is -0.142. The number of methoxy groups -OCH3 is 1. The molecule has 0 saturated heterocycles. The van der Waals surface area contributed by atoms with Crippen LogP contribution in [0.4, 0.5) is 0 Å². The molecule has 0 spiro atoms. The summed E-state index contributed by atoms with van der Waals surface area (Å²) in [4.78, 5) is 0.225. The van der Waals surface area contributed by atoms with E-state index in [0.29, 0.717) is 18.1 Å². The minimum atomic E-state index is -3.55. The van der Waals surface area contributed by atoms with Crippen LogP contribution < -0.4 is 10.0 Å². The lowest BCUT2D eigenvalue weighted by Gasteiger charge is -2.40. The van der Waals surface area contributed by atoms with E-state index < -0.39 is 10.0 Å². The molecule has 2 N–H and O–H groups in total. The van der Waals surface area contributed by atoms with Crippen LogP contribution >= 0.6 is 11.6 Å². The summed E-state index contributed by atoms with van der Waals surface area (Å²) in [5.74, 6) is 0. The van der Waals surface area contributed by atoms with Gasteiger partial charge in [-0.1, -0.05) is 11.6 Å². The number of benzene rings is 1. The molecule has 21 heavy (non-hydrogen) atoms. The normalized spacial score (nSPS) is 17.5. The average molecular weight is 333 g/mol. The monoisotopic (exact) mass is 332 g/mol. The van der Waals surface area contributed by atoms with Crippen LogP contribution in [0.3, 0.4) is 0 Å². The Hall–Kier alpha value is -0.660. The van der Waals surface area contributed by atoms with Crippen molar-refractivity contribution in [1.29, 1.82) is 0 Å². The van der Waals surface area contributed by atoms with Crippen LogP contribution in [0.25, 0.3) is 0 Å². The molecule has 118 valence electrons. The summed E-state index contributed by atoms with van der Waals surface area (Å²) in [6, 6.07) is 4.73. The molecule has 1 aliphatic rings. The van der Waals surface area contributed by atoms with Crippen molar-refractivity contribution in [3.63, 3.8) is 0 Å². The van der Waals surface area contributed by atoms with Gasteiger partial charge >= 0.3 is 0 Å². The zero-order valence-electron chi connectivity index (χ0n) is 12.3. The van der Waals surface area contributed by atoms with Gasteiger partial charge in [-0.15, -0.1) is 0 Å². The zero-order valence-corrected chi connectivity index (χ0v) is 13.9. The lowest BCUT2D eigenvalue weighted by Crippen LogP contribution is -2.49. The molecule has 0 aliphatic heterocycles. The van der Waals surface area contributed by atoms with Gasteiger partial charge in [0, 0.05) is 25.2 Å². The van der Waals surface area contributed by atoms with Crippen molar-refractivity contribution in [3.05, 3.63) is 28.8 Å². The summed E-state index contributed by atoms with van der Waals surface area (Å²) >= 11 is 6.05. The highest BCUT2D eigenvalue weighted by Gasteiger charge is 2.38. The molecule has 1 aliphatic carbocycles. The topological polar surface area (TPSA) is 67.4 Å². The molecule has 7 heteroatoms. The number of hydrogen-bond acceptors (Lipinski definition) is 4. The van der Waals surface area contributed by atoms with Crippen LogP contribution in [-0.4, -0.2) is 34.7 Å². The third-order valence-electron chi connectivity index (χ3n) is 3.98. The van der Waals surface area contributed by atoms with Crippen LogP contribution in [0.5, 0.6) is 0 Å². The maximum atomic E-state index is 12.4. The lowest BCUT2D eigenvalue weighted by molar-refractivity contribution is -0.0659. The zero-order chi connectivity index (χ0) is 15.5. The second-order valence-corrected chi connectivity index (χ2v) is 7.52. The van der Waals surface area contributed by atoms with Gasteiger partial charge in [-0.3, -0.25) is 0 Å². The number of ether oxygens (including phenoxy) is 1. The van der Waals surface area contributed by atoms with E-state index in [9.17, 15) is 8.42 Å². The molecule has 1 aromatic rings. The van der Waals surface area contributed by atoms with E-state index in [1.54, 1.807) is 26.3 Å². The van der Waals surface area contributed by atoms with Crippen molar-refractivity contribution >= 4 is 21.6 Å². The van der Waals surface area contributed by atoms with Gasteiger partial charge in [0.15, 0.2) is 0 Å². The maximum absolute atomic E-state index is 12.4. The van der Waals surface area contributed by atoms with Crippen molar-refractivity contribution in [2.45, 2.75) is 36.3 Å². The predicted molar refractivity (Wildman–Crippen MR) is 83.0 cm³/mol. The van der Waals surface area contributed by atoms with Crippen molar-refractivity contribution in [3.8, 4) is 0 Å². The van der Waals surface area contributed by atoms with Gasteiger partial charge in [0.05, 0.1) is 10.5 Å². The van der Waals surface area contributed by atoms with Gasteiger partial charge in [-0.05, 0) is 50.1 Å². The largest absolute Gasteiger partial charge is 0.377 e. The molecule has 1 aromatic carbocycles. The highest BCUT2D eigenvalue weighted by Crippen LogP contribution is 2.34. The molecule has 1 saturated carbocycles. The van der Waals surface area contributed by atoms with Crippen LogP contribution in [0, 0.1) is 0 Å². The lowest BCUT2D eigenvalue weighted by atomic mass is 9.80. The van der Waals surface area contributed by atoms with Crippen LogP contribution in [0.2, 0.25) is 5.02 Å². The third-order valence-corrected chi connectivity index (χ3v) is 5.74. The van der Waals surface area contributed by atoms with Crippen LogP contribution in [0.1, 0.15) is 24.8 Å². The molecule has 0 radical (unpaired) electrons. The van der Waals surface area contributed by atoms with E-state index in [1.165, 1.54) is 6.07 Å². The van der Waals surface area contributed by atoms with E-state index in [0.717, 1.165) is 24.8 Å². The van der Waals surface area contributed by atoms with Crippen molar-refractivity contribution in [1.82, 2.24) is 10.0 Å². The van der Waals surface area contributed by atoms with Crippen LogP contribution in [-0.2, 0) is 21.3 Å². The summed E-state index contributed by atoms with van der Waals surface area (Å²) < 4.78 is 32.8. The standard InChI is InChI=1S/C14H21ClN2O3S/c1-16-9-11-8-12(4-5-13(11)15)21(18,19)17-10-14(20-2)6-3-7-14/h4-5,8,16-17H,3,6-7,9-10H2,1-2H3. The first kappa shape index (κ1) is 16.7. The number of hydrogen-bond donors (Lipinski definition) is 2. The summed E-state index contributed by atoms with van der Waals surface area (Å²) in [6.45, 7) is 0.819. The van der Waals surface area contributed by atoms with Gasteiger partial charge in [-0.25, -0.2) is 13.1 Å². The molecule has 0 unspecified atom stereocenters. The average Bonchev–Trinajstić information content (AvgIpc) is 2.40. The van der Waals surface area contributed by atoms with Gasteiger partial charge in [0.2, 0.25) is 10.0 Å². The molecule has 0 aromatic heterocycles. The SMILES string of the molecule is CNCc1cc(S(=O)(=O)NCC2(OC)CCC2)ccc1Cl. The predicted octanol–water partition coefficient (Wildman–Crippen LogP) is 1.91. The van der Waals surface area contributed by atoms with E-state index in [-0.39, 0.29) is 10.5 Å². The van der Waals surface area contributed by atoms with Crippen molar-refractivity contribution in [2.24, 2.45) is 0 Å². The first-order chi connectivity index (χ1) is 9.92. The molecule has 0 heterocycles. The Labute approximate surface area is 131 Å². The molecule has 0 amide bonds. The number of nitrogens with one attached hydrogen (secondary N) is 2. The Kier molecular flexibility index (Phi) is 5.27. The van der Waals surface area contributed by atoms with Gasteiger partial charge < -0.3 is 10.1 Å². The van der Waals surface area contributed by atoms with Crippen molar-refractivity contribution in [2.75, 3.05) is 20.7 Å². The highest BCUT2D eigenvalue weighted by atomic mass is 35.5. The first-order valence-corrected chi connectivity index (χ1v) is 8.76. The maximum Gasteiger partial charge on any atom is 0.240 e. The third kappa shape index (κ3) is 3.76. The van der Waals surface area contributed by atoms with Crippen molar-refractivity contribution < 1.29 is 13.2 Å². The van der Waals surface area contributed by atoms with E-state index >= 15 is 0 Å². The quantitative estimate of drug-likeness (QED) is 0.800. The molecular formula is C14H21ClN2O3S. The van der Waals surface area contributed by atoms with Gasteiger partial charge in [-0.2, -0.15) is 0 Å². The Morgan fingerprint density at radius 2 is 2.10 bits per heavy atom. The van der Waals surface area contributed by atoms with E-state index in [4.69, 9.17) is 16.3 Å². The molecule has 5 nitrogen and oxygen atoms in total. The Bertz CT molecular complexity index is 595. The fourth-order valence-corrected chi connectivity index (χ4v) is 3.73. The van der Waals surface area contributed by atoms with E-state index in [1.807, 2.05) is 0 Å². The van der Waals surface area contributed by atoms with Crippen LogP contribution in [0.15, 0.2) is 23.1 Å². The first-order valence-electron chi connectivity index (χ1n) is 6.90. The fraction of sp³-hybridized carbons (Fsp3) is 0.571. The molecule has 0 atom stereocenters.